The fourth-order valence-corrected chi connectivity index (χ4v) is 0. The van der Waals surface area contributed by atoms with Gasteiger partial charge < -0.3 is 31.9 Å². The van der Waals surface area contributed by atoms with Gasteiger partial charge in [0.2, 0.25) is 0 Å². The molecule has 8 N–H and O–H groups in total. The van der Waals surface area contributed by atoms with Crippen LogP contribution in [0.1, 0.15) is 20.8 Å². The van der Waals surface area contributed by atoms with Crippen LogP contribution in [0.25, 0.3) is 0 Å². The quantitative estimate of drug-likeness (QED) is 0.218. The standard InChI is InChI=1S/C2H6N2O2.3C2H4O2.2Na.2H/c3-1(4)2(5)6;3*1-2(3)4;;;;/h1H,3-4H2,(H,5,6);3*1H3,(H,3,4);;;;. The van der Waals surface area contributed by atoms with Crippen molar-refractivity contribution in [2.24, 2.45) is 11.5 Å². The Bertz CT molecular complexity index is 233. The first-order valence-corrected chi connectivity index (χ1v) is 4.17. The van der Waals surface area contributed by atoms with E-state index < -0.39 is 30.0 Å². The van der Waals surface area contributed by atoms with Gasteiger partial charge in [0.05, 0.1) is 0 Å². The van der Waals surface area contributed by atoms with Gasteiger partial charge in [0.1, 0.15) is 0 Å². The molecule has 0 spiro atoms. The van der Waals surface area contributed by atoms with Crippen LogP contribution in [0.15, 0.2) is 0 Å². The fourth-order valence-electron chi connectivity index (χ4n) is 0. The van der Waals surface area contributed by atoms with Gasteiger partial charge in [-0.05, 0) is 0 Å². The zero-order valence-corrected chi connectivity index (χ0v) is 10.2. The molecule has 0 bridgehead atoms. The summed E-state index contributed by atoms with van der Waals surface area (Å²) >= 11 is 0. The topological polar surface area (TPSA) is 201 Å². The fraction of sp³-hybridized carbons (Fsp3) is 0.500. The Morgan fingerprint density at radius 1 is 0.700 bits per heavy atom. The second kappa shape index (κ2) is 27.2. The van der Waals surface area contributed by atoms with Crippen molar-refractivity contribution in [1.29, 1.82) is 0 Å². The second-order valence-corrected chi connectivity index (χ2v) is 2.42. The number of hydrogen-bond acceptors (Lipinski definition) is 6. The summed E-state index contributed by atoms with van der Waals surface area (Å²) in [5.41, 5.74) is 9.23. The molecule has 12 heteroatoms. The van der Waals surface area contributed by atoms with E-state index in [1.165, 1.54) is 0 Å². The van der Waals surface area contributed by atoms with Crippen LogP contribution in [0.3, 0.4) is 0 Å². The third kappa shape index (κ3) is 348. The number of rotatable bonds is 1. The molecule has 0 aliphatic rings. The van der Waals surface area contributed by atoms with Crippen molar-refractivity contribution < 1.29 is 39.6 Å². The summed E-state index contributed by atoms with van der Waals surface area (Å²) in [6, 6.07) is 0. The molecule has 0 aliphatic heterocycles. The van der Waals surface area contributed by atoms with Crippen molar-refractivity contribution in [2.45, 2.75) is 26.9 Å². The SMILES string of the molecule is CC(=O)O.CC(=O)O.CC(=O)O.NC(N)C(=O)O.[NaH].[NaH]. The van der Waals surface area contributed by atoms with Gasteiger partial charge in [-0.15, -0.1) is 0 Å². The van der Waals surface area contributed by atoms with Crippen molar-refractivity contribution >= 4 is 83.0 Å². The number of nitrogens with two attached hydrogens (primary N) is 2. The van der Waals surface area contributed by atoms with Crippen molar-refractivity contribution in [1.82, 2.24) is 0 Å². The summed E-state index contributed by atoms with van der Waals surface area (Å²) in [5, 5.41) is 30.0. The molecular formula is C8H20N2Na2O8. The summed E-state index contributed by atoms with van der Waals surface area (Å²) in [5.74, 6) is -3.69. The number of carbonyl (C=O) groups is 4. The van der Waals surface area contributed by atoms with Crippen LogP contribution >= 0.6 is 0 Å². The van der Waals surface area contributed by atoms with Crippen LogP contribution < -0.4 is 11.5 Å². The van der Waals surface area contributed by atoms with Crippen LogP contribution in [0.5, 0.6) is 0 Å². The van der Waals surface area contributed by atoms with Gasteiger partial charge in [-0.2, -0.15) is 0 Å². The molecule has 20 heavy (non-hydrogen) atoms. The Labute approximate surface area is 160 Å². The van der Waals surface area contributed by atoms with Crippen LogP contribution in [0.2, 0.25) is 0 Å². The van der Waals surface area contributed by atoms with E-state index in [-0.39, 0.29) is 59.1 Å². The zero-order chi connectivity index (χ0) is 15.9. The third-order valence-corrected chi connectivity index (χ3v) is 0.285. The zero-order valence-electron chi connectivity index (χ0n) is 10.2. The molecule has 0 saturated heterocycles. The van der Waals surface area contributed by atoms with Gasteiger partial charge in [-0.1, -0.05) is 0 Å². The van der Waals surface area contributed by atoms with Gasteiger partial charge in [0.25, 0.3) is 17.9 Å². The van der Waals surface area contributed by atoms with Gasteiger partial charge >= 0.3 is 65.1 Å². The Morgan fingerprint density at radius 2 is 0.750 bits per heavy atom. The average Bonchev–Trinajstić information content (AvgIpc) is 1.99. The first-order chi connectivity index (χ1) is 7.84. The van der Waals surface area contributed by atoms with E-state index in [0.29, 0.717) is 0 Å². The predicted molar refractivity (Wildman–Crippen MR) is 74.0 cm³/mol. The van der Waals surface area contributed by atoms with Crippen molar-refractivity contribution in [3.8, 4) is 0 Å². The third-order valence-electron chi connectivity index (χ3n) is 0.285. The van der Waals surface area contributed by atoms with Crippen molar-refractivity contribution in [3.05, 3.63) is 0 Å². The van der Waals surface area contributed by atoms with Gasteiger partial charge in [-0.3, -0.25) is 14.4 Å². The Morgan fingerprint density at radius 3 is 0.750 bits per heavy atom. The first-order valence-electron chi connectivity index (χ1n) is 4.17. The molecule has 0 aromatic rings. The second-order valence-electron chi connectivity index (χ2n) is 2.42. The molecule has 0 heterocycles. The predicted octanol–water partition coefficient (Wildman–Crippen LogP) is -2.71. The van der Waals surface area contributed by atoms with E-state index in [9.17, 15) is 4.79 Å². The summed E-state index contributed by atoms with van der Waals surface area (Å²) in [4.78, 5) is 36.4. The van der Waals surface area contributed by atoms with Crippen molar-refractivity contribution in [2.75, 3.05) is 0 Å². The van der Waals surface area contributed by atoms with E-state index in [1.54, 1.807) is 0 Å². The Hall–Kier alpha value is -0.200. The molecule has 0 unspecified atom stereocenters. The number of carboxylic acids is 4. The van der Waals surface area contributed by atoms with E-state index in [0.717, 1.165) is 20.8 Å². The summed E-state index contributed by atoms with van der Waals surface area (Å²) in [6.45, 7) is 3.25. The van der Waals surface area contributed by atoms with E-state index in [2.05, 4.69) is 11.5 Å². The number of hydrogen-bond donors (Lipinski definition) is 6. The molecule has 112 valence electrons. The van der Waals surface area contributed by atoms with E-state index in [4.69, 9.17) is 34.8 Å². The average molecular weight is 318 g/mol. The van der Waals surface area contributed by atoms with Crippen LogP contribution in [-0.4, -0.2) is 110 Å². The van der Waals surface area contributed by atoms with Crippen molar-refractivity contribution in [3.63, 3.8) is 0 Å². The molecule has 10 nitrogen and oxygen atoms in total. The van der Waals surface area contributed by atoms with Gasteiger partial charge in [0, 0.05) is 20.8 Å². The van der Waals surface area contributed by atoms with Crippen LogP contribution in [-0.2, 0) is 19.2 Å². The monoisotopic (exact) mass is 318 g/mol. The molecule has 0 amide bonds. The number of aliphatic carboxylic acids is 4. The molecule has 0 saturated carbocycles. The summed E-state index contributed by atoms with van der Waals surface area (Å²) < 4.78 is 0. The van der Waals surface area contributed by atoms with Gasteiger partial charge in [-0.25, -0.2) is 4.79 Å². The minimum absolute atomic E-state index is 0. The minimum atomic E-state index is -1.23. The van der Waals surface area contributed by atoms with E-state index in [1.807, 2.05) is 0 Å². The maximum absolute atomic E-state index is 9.45. The molecule has 0 radical (unpaired) electrons. The van der Waals surface area contributed by atoms with E-state index >= 15 is 0 Å². The Balaban J connectivity index is -0.0000000322. The molecule has 0 aromatic carbocycles. The Kier molecular flexibility index (Phi) is 50.0. The summed E-state index contributed by atoms with van der Waals surface area (Å²) in [6.07, 6.45) is -1.23. The number of carboxylic acid groups (broad SMARTS) is 4. The molecule has 0 aromatic heterocycles. The normalized spacial score (nSPS) is 6.50. The van der Waals surface area contributed by atoms with Crippen LogP contribution in [0, 0.1) is 0 Å². The molecular weight excluding hydrogens is 298 g/mol. The molecule has 0 aliphatic carbocycles. The molecule has 0 rings (SSSR count). The molecule has 0 atom stereocenters. The summed E-state index contributed by atoms with van der Waals surface area (Å²) in [7, 11) is 0. The van der Waals surface area contributed by atoms with Crippen LogP contribution in [0.4, 0.5) is 0 Å². The maximum atomic E-state index is 9.45. The molecule has 0 fully saturated rings. The first kappa shape index (κ1) is 36.7. The van der Waals surface area contributed by atoms with Gasteiger partial charge in [0.15, 0.2) is 6.17 Å².